The molecule has 0 amide bonds. The Kier molecular flexibility index (Phi) is 4.41. The van der Waals surface area contributed by atoms with Crippen molar-refractivity contribution >= 4 is 28.3 Å². The Bertz CT molecular complexity index is 865. The van der Waals surface area contributed by atoms with Crippen molar-refractivity contribution in [3.8, 4) is 0 Å². The quantitative estimate of drug-likeness (QED) is 0.447. The molecule has 1 aromatic heterocycles. The topological polar surface area (TPSA) is 112 Å². The van der Waals surface area contributed by atoms with E-state index in [1.165, 1.54) is 0 Å². The summed E-state index contributed by atoms with van der Waals surface area (Å²) in [6.07, 6.45) is 2.70. The number of oxime groups is 1. The Morgan fingerprint density at radius 2 is 2.24 bits per heavy atom. The average molecular weight is 340 g/mol. The van der Waals surface area contributed by atoms with Gasteiger partial charge in [0.15, 0.2) is 5.69 Å². The Labute approximate surface area is 145 Å². The molecule has 1 unspecified atom stereocenters. The summed E-state index contributed by atoms with van der Waals surface area (Å²) in [7, 11) is 0. The first-order valence-electron chi connectivity index (χ1n) is 7.98. The lowest BCUT2D eigenvalue weighted by Crippen LogP contribution is -2.58. The summed E-state index contributed by atoms with van der Waals surface area (Å²) in [5.74, 6) is -1.10. The van der Waals surface area contributed by atoms with Gasteiger partial charge < -0.3 is 20.9 Å². The number of hydrogen-bond acceptors (Lipinski definition) is 6. The van der Waals surface area contributed by atoms with Crippen LogP contribution in [0.15, 0.2) is 48.1 Å². The molecule has 4 N–H and O–H groups in total. The fourth-order valence-electron chi connectivity index (χ4n) is 3.21. The van der Waals surface area contributed by atoms with Crippen molar-refractivity contribution in [1.29, 1.82) is 0 Å². The SMILES string of the molecule is C=CCC1(N)CCN(c2cc3ccccc3nc2C(=O)O)CC1=NO. The molecular formula is C18H20N4O3. The predicted molar refractivity (Wildman–Crippen MR) is 96.5 cm³/mol. The minimum Gasteiger partial charge on any atom is -0.476 e. The second-order valence-electron chi connectivity index (χ2n) is 6.22. The van der Waals surface area contributed by atoms with Gasteiger partial charge in [0.05, 0.1) is 29.0 Å². The molecule has 2 heterocycles. The molecule has 0 bridgehead atoms. The fraction of sp³-hybridized carbons (Fsp3) is 0.278. The van der Waals surface area contributed by atoms with Crippen LogP contribution in [0.1, 0.15) is 23.3 Å². The number of hydrogen-bond donors (Lipinski definition) is 3. The van der Waals surface area contributed by atoms with Crippen LogP contribution in [-0.4, -0.2) is 45.6 Å². The maximum Gasteiger partial charge on any atom is 0.356 e. The molecule has 7 heteroatoms. The van der Waals surface area contributed by atoms with E-state index in [0.29, 0.717) is 36.3 Å². The third kappa shape index (κ3) is 3.06. The lowest BCUT2D eigenvalue weighted by Gasteiger charge is -2.40. The van der Waals surface area contributed by atoms with Crippen molar-refractivity contribution in [3.05, 3.63) is 48.7 Å². The zero-order valence-electron chi connectivity index (χ0n) is 13.7. The van der Waals surface area contributed by atoms with Gasteiger partial charge in [-0.25, -0.2) is 9.78 Å². The van der Waals surface area contributed by atoms with Crippen LogP contribution in [0.4, 0.5) is 5.69 Å². The van der Waals surface area contributed by atoms with E-state index >= 15 is 0 Å². The van der Waals surface area contributed by atoms with E-state index in [1.807, 2.05) is 23.1 Å². The Morgan fingerprint density at radius 1 is 1.48 bits per heavy atom. The molecule has 1 aliphatic heterocycles. The monoisotopic (exact) mass is 340 g/mol. The summed E-state index contributed by atoms with van der Waals surface area (Å²) >= 11 is 0. The maximum atomic E-state index is 11.7. The first-order valence-corrected chi connectivity index (χ1v) is 7.98. The highest BCUT2D eigenvalue weighted by Gasteiger charge is 2.37. The van der Waals surface area contributed by atoms with Crippen molar-refractivity contribution in [3.63, 3.8) is 0 Å². The normalized spacial score (nSPS) is 22.3. The van der Waals surface area contributed by atoms with Crippen molar-refractivity contribution in [2.75, 3.05) is 18.0 Å². The van der Waals surface area contributed by atoms with Crippen molar-refractivity contribution in [2.45, 2.75) is 18.4 Å². The second-order valence-corrected chi connectivity index (χ2v) is 6.22. The standard InChI is InChI=1S/C18H20N4O3/c1-2-7-18(19)8-9-22(11-15(18)21-25)14-10-12-5-3-4-6-13(12)20-16(14)17(23)24/h2-6,10,25H,1,7-9,11,19H2,(H,23,24). The van der Waals surface area contributed by atoms with Crippen molar-refractivity contribution in [2.24, 2.45) is 10.9 Å². The van der Waals surface area contributed by atoms with Crippen LogP contribution in [0.5, 0.6) is 0 Å². The summed E-state index contributed by atoms with van der Waals surface area (Å²) in [6, 6.07) is 9.15. The molecule has 1 fully saturated rings. The van der Waals surface area contributed by atoms with E-state index in [9.17, 15) is 15.1 Å². The van der Waals surface area contributed by atoms with Gasteiger partial charge in [0.2, 0.25) is 0 Å². The third-order valence-corrected chi connectivity index (χ3v) is 4.62. The van der Waals surface area contributed by atoms with Crippen molar-refractivity contribution < 1.29 is 15.1 Å². The zero-order valence-corrected chi connectivity index (χ0v) is 13.7. The Hall–Kier alpha value is -2.93. The number of nitrogens with two attached hydrogens (primary N) is 1. The van der Waals surface area contributed by atoms with Crippen LogP contribution >= 0.6 is 0 Å². The number of carbonyl (C=O) groups is 1. The number of fused-ring (bicyclic) bond motifs is 1. The van der Waals surface area contributed by atoms with Gasteiger partial charge in [0, 0.05) is 11.9 Å². The maximum absolute atomic E-state index is 11.7. The number of para-hydroxylation sites is 1. The molecule has 25 heavy (non-hydrogen) atoms. The molecular weight excluding hydrogens is 320 g/mol. The smallest absolute Gasteiger partial charge is 0.356 e. The molecule has 0 aliphatic carbocycles. The first-order chi connectivity index (χ1) is 12.0. The third-order valence-electron chi connectivity index (χ3n) is 4.62. The fourth-order valence-corrected chi connectivity index (χ4v) is 3.21. The number of nitrogens with zero attached hydrogens (tertiary/aromatic N) is 3. The number of benzene rings is 1. The molecule has 3 rings (SSSR count). The van der Waals surface area contributed by atoms with Crippen LogP contribution in [0, 0.1) is 0 Å². The Balaban J connectivity index is 2.03. The van der Waals surface area contributed by atoms with Gasteiger partial charge in [0.1, 0.15) is 0 Å². The van der Waals surface area contributed by atoms with Crippen LogP contribution in [0.3, 0.4) is 0 Å². The number of rotatable bonds is 4. The van der Waals surface area contributed by atoms with Crippen LogP contribution in [-0.2, 0) is 0 Å². The van der Waals surface area contributed by atoms with E-state index in [4.69, 9.17) is 5.73 Å². The van der Waals surface area contributed by atoms with E-state index in [0.717, 1.165) is 5.39 Å². The molecule has 130 valence electrons. The van der Waals surface area contributed by atoms with Crippen molar-refractivity contribution in [1.82, 2.24) is 4.98 Å². The minimum absolute atomic E-state index is 0.0239. The highest BCUT2D eigenvalue weighted by molar-refractivity contribution is 6.01. The van der Waals surface area contributed by atoms with Crippen LogP contribution < -0.4 is 10.6 Å². The number of piperidine rings is 1. The number of aromatic carboxylic acids is 1. The number of anilines is 1. The summed E-state index contributed by atoms with van der Waals surface area (Å²) in [5, 5.41) is 23.2. The molecule has 1 saturated heterocycles. The highest BCUT2D eigenvalue weighted by Crippen LogP contribution is 2.30. The zero-order chi connectivity index (χ0) is 18.0. The van der Waals surface area contributed by atoms with E-state index in [1.54, 1.807) is 18.2 Å². The largest absolute Gasteiger partial charge is 0.476 e. The predicted octanol–water partition coefficient (Wildman–Crippen LogP) is 2.25. The molecule has 0 spiro atoms. The summed E-state index contributed by atoms with van der Waals surface area (Å²) < 4.78 is 0. The van der Waals surface area contributed by atoms with Gasteiger partial charge in [-0.15, -0.1) is 6.58 Å². The molecule has 1 atom stereocenters. The number of carboxylic acid groups (broad SMARTS) is 1. The number of carboxylic acids is 1. The lowest BCUT2D eigenvalue weighted by molar-refractivity contribution is 0.0691. The minimum atomic E-state index is -1.10. The van der Waals surface area contributed by atoms with Gasteiger partial charge in [0.25, 0.3) is 0 Å². The second kappa shape index (κ2) is 6.52. The van der Waals surface area contributed by atoms with E-state index < -0.39 is 11.5 Å². The van der Waals surface area contributed by atoms with Gasteiger partial charge >= 0.3 is 5.97 Å². The number of aromatic nitrogens is 1. The van der Waals surface area contributed by atoms with E-state index in [2.05, 4.69) is 16.7 Å². The average Bonchev–Trinajstić information content (AvgIpc) is 2.61. The lowest BCUT2D eigenvalue weighted by atomic mass is 9.83. The first kappa shape index (κ1) is 16.9. The molecule has 0 radical (unpaired) electrons. The van der Waals surface area contributed by atoms with Crippen LogP contribution in [0.25, 0.3) is 10.9 Å². The highest BCUT2D eigenvalue weighted by atomic mass is 16.4. The summed E-state index contributed by atoms with van der Waals surface area (Å²) in [4.78, 5) is 17.8. The summed E-state index contributed by atoms with van der Waals surface area (Å²) in [5.41, 5.74) is 7.07. The molecule has 2 aromatic rings. The Morgan fingerprint density at radius 3 is 2.92 bits per heavy atom. The number of pyridine rings is 1. The molecule has 1 aliphatic rings. The van der Waals surface area contributed by atoms with Gasteiger partial charge in [-0.05, 0) is 25.0 Å². The van der Waals surface area contributed by atoms with Crippen LogP contribution in [0.2, 0.25) is 0 Å². The molecule has 7 nitrogen and oxygen atoms in total. The molecule has 1 aromatic carbocycles. The van der Waals surface area contributed by atoms with Gasteiger partial charge in [-0.3, -0.25) is 0 Å². The van der Waals surface area contributed by atoms with Gasteiger partial charge in [-0.1, -0.05) is 29.4 Å². The van der Waals surface area contributed by atoms with E-state index in [-0.39, 0.29) is 12.2 Å². The molecule has 0 saturated carbocycles. The summed E-state index contributed by atoms with van der Waals surface area (Å²) in [6.45, 7) is 4.47. The van der Waals surface area contributed by atoms with Gasteiger partial charge in [-0.2, -0.15) is 0 Å².